The quantitative estimate of drug-likeness (QED) is 0.214. The van der Waals surface area contributed by atoms with Crippen molar-refractivity contribution in [2.45, 2.75) is 6.42 Å². The number of aromatic nitrogens is 5. The molecule has 1 aliphatic carbocycles. The van der Waals surface area contributed by atoms with Gasteiger partial charge < -0.3 is 0 Å². The van der Waals surface area contributed by atoms with Gasteiger partial charge in [-0.15, -0.1) is 0 Å². The summed E-state index contributed by atoms with van der Waals surface area (Å²) in [5.41, 5.74) is 12.3. The van der Waals surface area contributed by atoms with Gasteiger partial charge in [0.1, 0.15) is 6.33 Å². The molecular formula is C38H25N5. The van der Waals surface area contributed by atoms with Crippen LogP contribution in [0.1, 0.15) is 11.1 Å². The number of hydrogen-bond acceptors (Lipinski definition) is 5. The minimum Gasteiger partial charge on any atom is -0.244 e. The van der Waals surface area contributed by atoms with Crippen molar-refractivity contribution in [2.24, 2.45) is 0 Å². The van der Waals surface area contributed by atoms with Crippen LogP contribution in [0.25, 0.3) is 67.7 Å². The first-order chi connectivity index (χ1) is 21.3. The van der Waals surface area contributed by atoms with Gasteiger partial charge in [0, 0.05) is 40.4 Å². The van der Waals surface area contributed by atoms with Gasteiger partial charge in [0.2, 0.25) is 0 Å². The predicted octanol–water partition coefficient (Wildman–Crippen LogP) is 8.57. The highest BCUT2D eigenvalue weighted by molar-refractivity contribution is 5.84. The molecule has 8 rings (SSSR count). The summed E-state index contributed by atoms with van der Waals surface area (Å²) in [5.74, 6) is 1.96. The second kappa shape index (κ2) is 10.5. The summed E-state index contributed by atoms with van der Waals surface area (Å²) in [7, 11) is 0. The third-order valence-corrected chi connectivity index (χ3v) is 7.94. The lowest BCUT2D eigenvalue weighted by molar-refractivity contribution is 1.07. The van der Waals surface area contributed by atoms with E-state index in [1.165, 1.54) is 27.8 Å². The Morgan fingerprint density at radius 1 is 0.442 bits per heavy atom. The summed E-state index contributed by atoms with van der Waals surface area (Å²) in [6.45, 7) is 0. The third-order valence-electron chi connectivity index (χ3n) is 7.94. The van der Waals surface area contributed by atoms with E-state index in [1.54, 1.807) is 6.33 Å². The Kier molecular flexibility index (Phi) is 6.12. The molecule has 43 heavy (non-hydrogen) atoms. The Hall–Kier alpha value is -5.81. The monoisotopic (exact) mass is 551 g/mol. The van der Waals surface area contributed by atoms with Gasteiger partial charge in [0.05, 0.1) is 5.69 Å². The predicted molar refractivity (Wildman–Crippen MR) is 171 cm³/mol. The highest BCUT2D eigenvalue weighted by Crippen LogP contribution is 2.40. The maximum atomic E-state index is 4.87. The Bertz CT molecular complexity index is 2030. The highest BCUT2D eigenvalue weighted by Gasteiger charge is 2.23. The van der Waals surface area contributed by atoms with Crippen molar-refractivity contribution in [3.8, 4) is 67.7 Å². The third kappa shape index (κ3) is 4.67. The smallest absolute Gasteiger partial charge is 0.164 e. The maximum Gasteiger partial charge on any atom is 0.164 e. The van der Waals surface area contributed by atoms with Crippen LogP contribution in [0.4, 0.5) is 0 Å². The molecule has 5 nitrogen and oxygen atoms in total. The molecule has 0 bridgehead atoms. The number of hydrogen-bond donors (Lipinski definition) is 0. The van der Waals surface area contributed by atoms with Crippen molar-refractivity contribution < 1.29 is 0 Å². The summed E-state index contributed by atoms with van der Waals surface area (Å²) >= 11 is 0. The van der Waals surface area contributed by atoms with Crippen molar-refractivity contribution in [3.05, 3.63) is 151 Å². The molecule has 0 saturated carbocycles. The van der Waals surface area contributed by atoms with E-state index in [9.17, 15) is 0 Å². The molecule has 0 amide bonds. The molecule has 0 unspecified atom stereocenters. The zero-order valence-electron chi connectivity index (χ0n) is 23.2. The number of benzene rings is 5. The number of nitrogens with zero attached hydrogens (tertiary/aromatic N) is 5. The van der Waals surface area contributed by atoms with E-state index in [0.717, 1.165) is 39.9 Å². The summed E-state index contributed by atoms with van der Waals surface area (Å²) in [6.07, 6.45) is 4.41. The molecule has 5 aromatic carbocycles. The molecule has 0 aliphatic heterocycles. The van der Waals surface area contributed by atoms with Crippen LogP contribution in [0.2, 0.25) is 0 Å². The van der Waals surface area contributed by atoms with Crippen molar-refractivity contribution >= 4 is 0 Å². The van der Waals surface area contributed by atoms with Gasteiger partial charge in [-0.2, -0.15) is 0 Å². The summed E-state index contributed by atoms with van der Waals surface area (Å²) < 4.78 is 0. The van der Waals surface area contributed by atoms with Gasteiger partial charge >= 0.3 is 0 Å². The van der Waals surface area contributed by atoms with Gasteiger partial charge in [0.15, 0.2) is 17.5 Å². The molecule has 0 fully saturated rings. The number of fused-ring (bicyclic) bond motifs is 3. The minimum atomic E-state index is 0.649. The Morgan fingerprint density at radius 2 is 0.977 bits per heavy atom. The molecule has 202 valence electrons. The SMILES string of the molecule is c1ccc(-c2nc(-c3ccccc3)nc(-c3ccc(-c4cccc(-c5cccc6c5Cc5cncnc5-6)c4)cc3)n2)cc1. The maximum absolute atomic E-state index is 4.87. The van der Waals surface area contributed by atoms with E-state index in [2.05, 4.69) is 76.7 Å². The van der Waals surface area contributed by atoms with E-state index in [1.807, 2.05) is 66.9 Å². The van der Waals surface area contributed by atoms with Crippen LogP contribution in [-0.4, -0.2) is 24.9 Å². The fourth-order valence-electron chi connectivity index (χ4n) is 5.81. The van der Waals surface area contributed by atoms with Gasteiger partial charge in [-0.1, -0.05) is 121 Å². The standard InChI is InChI=1S/C38H25N5/c1-3-9-26(10-4-1)36-41-37(27-11-5-2-6-12-27)43-38(42-36)28-19-17-25(18-20-28)29-13-7-14-30(21-29)32-15-8-16-33-34(32)22-31-23-39-24-40-35(31)33/h1-21,23-24H,22H2. The highest BCUT2D eigenvalue weighted by atomic mass is 15.0. The lowest BCUT2D eigenvalue weighted by Gasteiger charge is -2.11. The molecule has 2 heterocycles. The topological polar surface area (TPSA) is 64.5 Å². The van der Waals surface area contributed by atoms with Gasteiger partial charge in [-0.05, 0) is 33.9 Å². The largest absolute Gasteiger partial charge is 0.244 e. The normalized spacial score (nSPS) is 11.6. The molecule has 0 spiro atoms. The fourth-order valence-corrected chi connectivity index (χ4v) is 5.81. The van der Waals surface area contributed by atoms with Crippen LogP contribution in [0.5, 0.6) is 0 Å². The van der Waals surface area contributed by atoms with Gasteiger partial charge in [0.25, 0.3) is 0 Å². The van der Waals surface area contributed by atoms with Crippen LogP contribution >= 0.6 is 0 Å². The van der Waals surface area contributed by atoms with E-state index in [-0.39, 0.29) is 0 Å². The van der Waals surface area contributed by atoms with Crippen molar-refractivity contribution in [1.82, 2.24) is 24.9 Å². The first-order valence-electron chi connectivity index (χ1n) is 14.3. The molecule has 0 radical (unpaired) electrons. The van der Waals surface area contributed by atoms with Crippen LogP contribution in [0.15, 0.2) is 140 Å². The average molecular weight is 552 g/mol. The second-order valence-electron chi connectivity index (χ2n) is 10.6. The molecule has 0 N–H and O–H groups in total. The van der Waals surface area contributed by atoms with Crippen LogP contribution < -0.4 is 0 Å². The molecule has 7 aromatic rings. The Labute approximate surface area is 249 Å². The van der Waals surface area contributed by atoms with Crippen LogP contribution in [-0.2, 0) is 6.42 Å². The zero-order valence-corrected chi connectivity index (χ0v) is 23.2. The van der Waals surface area contributed by atoms with Gasteiger partial charge in [-0.3, -0.25) is 0 Å². The zero-order chi connectivity index (χ0) is 28.6. The molecular weight excluding hydrogens is 526 g/mol. The minimum absolute atomic E-state index is 0.649. The fraction of sp³-hybridized carbons (Fsp3) is 0.0263. The molecule has 2 aromatic heterocycles. The second-order valence-corrected chi connectivity index (χ2v) is 10.6. The summed E-state index contributed by atoms with van der Waals surface area (Å²) in [4.78, 5) is 23.4. The Morgan fingerprint density at radius 3 is 1.65 bits per heavy atom. The Balaban J connectivity index is 1.15. The molecule has 1 aliphatic rings. The van der Waals surface area contributed by atoms with E-state index < -0.39 is 0 Å². The van der Waals surface area contributed by atoms with Crippen molar-refractivity contribution in [3.63, 3.8) is 0 Å². The van der Waals surface area contributed by atoms with Crippen LogP contribution in [0.3, 0.4) is 0 Å². The molecule has 5 heteroatoms. The molecule has 0 saturated heterocycles. The van der Waals surface area contributed by atoms with E-state index in [4.69, 9.17) is 15.0 Å². The van der Waals surface area contributed by atoms with Crippen molar-refractivity contribution in [1.29, 1.82) is 0 Å². The van der Waals surface area contributed by atoms with Gasteiger partial charge in [-0.25, -0.2) is 24.9 Å². The first-order valence-corrected chi connectivity index (χ1v) is 14.3. The van der Waals surface area contributed by atoms with E-state index in [0.29, 0.717) is 17.5 Å². The van der Waals surface area contributed by atoms with Crippen molar-refractivity contribution in [2.75, 3.05) is 0 Å². The average Bonchev–Trinajstić information content (AvgIpc) is 3.48. The summed E-state index contributed by atoms with van der Waals surface area (Å²) in [5, 5.41) is 0. The lowest BCUT2D eigenvalue weighted by atomic mass is 9.93. The lowest BCUT2D eigenvalue weighted by Crippen LogP contribution is -2.00. The molecule has 0 atom stereocenters. The summed E-state index contributed by atoms with van der Waals surface area (Å²) in [6, 6.07) is 43.8. The van der Waals surface area contributed by atoms with Crippen LogP contribution in [0, 0.1) is 0 Å². The first kappa shape index (κ1) is 24.9. The number of rotatable bonds is 5. The van der Waals surface area contributed by atoms with E-state index >= 15 is 0 Å².